The second kappa shape index (κ2) is 8.35. The number of hydrogen-bond donors (Lipinski definition) is 2. The summed E-state index contributed by atoms with van der Waals surface area (Å²) < 4.78 is 0. The fourth-order valence-electron chi connectivity index (χ4n) is 8.11. The number of Topliss-reactive ketones (excluding diaryl/α,β-unsaturated/α-hetero) is 1. The minimum atomic E-state index is -1.37. The van der Waals surface area contributed by atoms with Gasteiger partial charge in [0.1, 0.15) is 5.60 Å². The van der Waals surface area contributed by atoms with Gasteiger partial charge in [-0.25, -0.2) is 0 Å². The Balaban J connectivity index is 1.35. The van der Waals surface area contributed by atoms with Crippen molar-refractivity contribution in [3.63, 3.8) is 0 Å². The van der Waals surface area contributed by atoms with Crippen molar-refractivity contribution in [2.75, 3.05) is 5.75 Å². The third kappa shape index (κ3) is 3.57. The molecule has 33 heavy (non-hydrogen) atoms. The van der Waals surface area contributed by atoms with Gasteiger partial charge in [0.25, 0.3) is 0 Å². The number of aliphatic hydroxyl groups is 2. The molecule has 1 aromatic rings. The van der Waals surface area contributed by atoms with E-state index >= 15 is 0 Å². The minimum absolute atomic E-state index is 0.0787. The monoisotopic (exact) mass is 468 g/mol. The molecule has 0 aromatic heterocycles. The van der Waals surface area contributed by atoms with Gasteiger partial charge in [-0.05, 0) is 73.3 Å². The predicted octanol–water partition coefficient (Wildman–Crippen LogP) is 4.72. The summed E-state index contributed by atoms with van der Waals surface area (Å²) in [6.07, 6.45) is 6.26. The molecular formula is C28H36O4S. The van der Waals surface area contributed by atoms with E-state index < -0.39 is 17.1 Å². The number of fused-ring (bicyclic) bond motifs is 5. The molecule has 4 aliphatic rings. The maximum Gasteiger partial charge on any atom is 0.174 e. The van der Waals surface area contributed by atoms with Crippen LogP contribution in [-0.4, -0.2) is 39.2 Å². The molecule has 0 bridgehead atoms. The highest BCUT2D eigenvalue weighted by molar-refractivity contribution is 7.99. The Hall–Kier alpha value is -1.43. The van der Waals surface area contributed by atoms with Crippen LogP contribution in [0, 0.1) is 28.6 Å². The molecule has 0 aliphatic heterocycles. The van der Waals surface area contributed by atoms with Crippen molar-refractivity contribution in [3.8, 4) is 0 Å². The number of allylic oxidation sites excluding steroid dienone is 1. The molecule has 0 saturated heterocycles. The van der Waals surface area contributed by atoms with Gasteiger partial charge in [0.05, 0.1) is 11.9 Å². The number of benzene rings is 1. The van der Waals surface area contributed by atoms with Crippen molar-refractivity contribution < 1.29 is 19.8 Å². The summed E-state index contributed by atoms with van der Waals surface area (Å²) >= 11 is 1.56. The fraction of sp³-hybridized carbons (Fsp3) is 0.643. The summed E-state index contributed by atoms with van der Waals surface area (Å²) in [6, 6.07) is 10.1. The van der Waals surface area contributed by atoms with E-state index in [-0.39, 0.29) is 34.7 Å². The third-order valence-corrected chi connectivity index (χ3v) is 10.9. The standard InChI is InChI=1S/C28H36O4S/c1-26-12-10-20(29)14-19(26)8-9-21-22-11-13-28(32,27(22,2)15-23(30)25(21)26)24(31)17-33-16-18-6-4-3-5-7-18/h3-7,14,21-23,25,30,32H,8-13,15-17H2,1-2H3/t21?,22?,23?,25?,26?,27?,28-/m0/s1. The highest BCUT2D eigenvalue weighted by atomic mass is 32.2. The van der Waals surface area contributed by atoms with Crippen LogP contribution in [0.25, 0.3) is 0 Å². The molecular weight excluding hydrogens is 432 g/mol. The van der Waals surface area contributed by atoms with Crippen molar-refractivity contribution in [2.24, 2.45) is 28.6 Å². The lowest BCUT2D eigenvalue weighted by molar-refractivity contribution is -0.178. The summed E-state index contributed by atoms with van der Waals surface area (Å²) in [6.45, 7) is 4.29. The van der Waals surface area contributed by atoms with Gasteiger partial charge in [-0.1, -0.05) is 49.8 Å². The van der Waals surface area contributed by atoms with E-state index in [2.05, 4.69) is 26.0 Å². The van der Waals surface area contributed by atoms with E-state index in [1.807, 2.05) is 24.3 Å². The van der Waals surface area contributed by atoms with Gasteiger partial charge in [-0.15, -0.1) is 11.8 Å². The van der Waals surface area contributed by atoms with Gasteiger partial charge in [0, 0.05) is 17.6 Å². The van der Waals surface area contributed by atoms with E-state index in [0.29, 0.717) is 25.0 Å². The van der Waals surface area contributed by atoms with Crippen molar-refractivity contribution in [3.05, 3.63) is 47.5 Å². The summed E-state index contributed by atoms with van der Waals surface area (Å²) in [4.78, 5) is 25.5. The lowest BCUT2D eigenvalue weighted by Crippen LogP contribution is -2.61. The Kier molecular flexibility index (Phi) is 5.90. The highest BCUT2D eigenvalue weighted by Gasteiger charge is 2.68. The number of carbonyl (C=O) groups excluding carboxylic acids is 2. The third-order valence-electron chi connectivity index (χ3n) is 9.85. The number of hydrogen-bond acceptors (Lipinski definition) is 5. The first-order valence-corrected chi connectivity index (χ1v) is 13.6. The molecule has 0 spiro atoms. The SMILES string of the molecule is CC12CCC(=O)C=C1CCC1C2C(O)CC2(C)C1CC[C@]2(O)C(=O)CSCc1ccccc1. The summed E-state index contributed by atoms with van der Waals surface area (Å²) in [5.74, 6) is 1.80. The summed E-state index contributed by atoms with van der Waals surface area (Å²) in [5, 5.41) is 23.3. The first-order chi connectivity index (χ1) is 15.7. The molecule has 5 rings (SSSR count). The van der Waals surface area contributed by atoms with Gasteiger partial charge in [-0.2, -0.15) is 0 Å². The second-order valence-electron chi connectivity index (χ2n) is 11.4. The second-order valence-corrected chi connectivity index (χ2v) is 12.4. The molecule has 0 amide bonds. The van der Waals surface area contributed by atoms with Crippen molar-refractivity contribution >= 4 is 23.3 Å². The first kappa shape index (κ1) is 23.3. The van der Waals surface area contributed by atoms with Crippen LogP contribution in [0.1, 0.15) is 64.4 Å². The Labute approximate surface area is 201 Å². The van der Waals surface area contributed by atoms with E-state index in [1.165, 1.54) is 11.1 Å². The van der Waals surface area contributed by atoms with Gasteiger partial charge in [-0.3, -0.25) is 9.59 Å². The molecule has 0 heterocycles. The van der Waals surface area contributed by atoms with Gasteiger partial charge in [0.15, 0.2) is 11.6 Å². The Morgan fingerprint density at radius 3 is 2.64 bits per heavy atom. The molecule has 2 N–H and O–H groups in total. The van der Waals surface area contributed by atoms with Crippen LogP contribution in [0.3, 0.4) is 0 Å². The molecule has 3 fully saturated rings. The molecule has 7 atom stereocenters. The van der Waals surface area contributed by atoms with E-state index in [0.717, 1.165) is 31.4 Å². The first-order valence-electron chi connectivity index (χ1n) is 12.5. The number of aliphatic hydroxyl groups excluding tert-OH is 1. The maximum absolute atomic E-state index is 13.4. The van der Waals surface area contributed by atoms with Crippen LogP contribution in [0.15, 0.2) is 42.0 Å². The zero-order chi connectivity index (χ0) is 23.4. The summed E-state index contributed by atoms with van der Waals surface area (Å²) in [5.41, 5.74) is 0.282. The average Bonchev–Trinajstić information content (AvgIpc) is 3.06. The molecule has 5 heteroatoms. The van der Waals surface area contributed by atoms with Gasteiger partial charge in [0.2, 0.25) is 0 Å². The van der Waals surface area contributed by atoms with Crippen LogP contribution >= 0.6 is 11.8 Å². The van der Waals surface area contributed by atoms with E-state index in [9.17, 15) is 19.8 Å². The fourth-order valence-corrected chi connectivity index (χ4v) is 9.06. The van der Waals surface area contributed by atoms with Crippen molar-refractivity contribution in [1.29, 1.82) is 0 Å². The molecule has 4 nitrogen and oxygen atoms in total. The van der Waals surface area contributed by atoms with Crippen LogP contribution in [0.2, 0.25) is 0 Å². The lowest BCUT2D eigenvalue weighted by atomic mass is 9.45. The zero-order valence-electron chi connectivity index (χ0n) is 19.8. The number of rotatable bonds is 5. The topological polar surface area (TPSA) is 74.6 Å². The average molecular weight is 469 g/mol. The quantitative estimate of drug-likeness (QED) is 0.654. The Bertz CT molecular complexity index is 973. The van der Waals surface area contributed by atoms with Gasteiger partial charge < -0.3 is 10.2 Å². The molecule has 1 aromatic carbocycles. The van der Waals surface area contributed by atoms with E-state index in [1.54, 1.807) is 11.8 Å². The molecule has 6 unspecified atom stereocenters. The Morgan fingerprint density at radius 1 is 1.12 bits per heavy atom. The number of carbonyl (C=O) groups is 2. The van der Waals surface area contributed by atoms with Crippen LogP contribution in [0.4, 0.5) is 0 Å². The van der Waals surface area contributed by atoms with Gasteiger partial charge >= 0.3 is 0 Å². The molecule has 0 radical (unpaired) electrons. The van der Waals surface area contributed by atoms with Crippen LogP contribution < -0.4 is 0 Å². The zero-order valence-corrected chi connectivity index (χ0v) is 20.6. The molecule has 3 saturated carbocycles. The van der Waals surface area contributed by atoms with Crippen molar-refractivity contribution in [2.45, 2.75) is 76.3 Å². The summed E-state index contributed by atoms with van der Waals surface area (Å²) in [7, 11) is 0. The highest BCUT2D eigenvalue weighted by Crippen LogP contribution is 2.67. The minimum Gasteiger partial charge on any atom is -0.393 e. The largest absolute Gasteiger partial charge is 0.393 e. The smallest absolute Gasteiger partial charge is 0.174 e. The van der Waals surface area contributed by atoms with Crippen molar-refractivity contribution in [1.82, 2.24) is 0 Å². The predicted molar refractivity (Wildman–Crippen MR) is 131 cm³/mol. The number of thioether (sulfide) groups is 1. The normalized spacial score (nSPS) is 42.2. The Morgan fingerprint density at radius 2 is 1.88 bits per heavy atom. The molecule has 4 aliphatic carbocycles. The van der Waals surface area contributed by atoms with E-state index in [4.69, 9.17) is 0 Å². The van der Waals surface area contributed by atoms with Crippen LogP contribution in [0.5, 0.6) is 0 Å². The molecule has 178 valence electrons. The number of ketones is 2. The lowest BCUT2D eigenvalue weighted by Gasteiger charge is -2.60. The van der Waals surface area contributed by atoms with Crippen LogP contribution in [-0.2, 0) is 15.3 Å². The maximum atomic E-state index is 13.4.